The van der Waals surface area contributed by atoms with Crippen LogP contribution in [0.3, 0.4) is 0 Å². The normalized spacial score (nSPS) is 25.5. The van der Waals surface area contributed by atoms with Crippen molar-refractivity contribution in [2.24, 2.45) is 5.92 Å². The molecule has 1 fully saturated rings. The molecule has 0 aromatic heterocycles. The summed E-state index contributed by atoms with van der Waals surface area (Å²) in [7, 11) is -3.57. The maximum Gasteiger partial charge on any atom is 0.243 e. The molecule has 1 heterocycles. The quantitative estimate of drug-likeness (QED) is 0.922. The van der Waals surface area contributed by atoms with Crippen LogP contribution in [0.25, 0.3) is 0 Å². The molecule has 2 atom stereocenters. The van der Waals surface area contributed by atoms with Gasteiger partial charge in [0, 0.05) is 11.6 Å². The molecule has 1 aromatic carbocycles. The molecule has 6 heteroatoms. The predicted molar refractivity (Wildman–Crippen MR) is 70.0 cm³/mol. The van der Waals surface area contributed by atoms with Crippen molar-refractivity contribution in [2.75, 3.05) is 13.2 Å². The van der Waals surface area contributed by atoms with Crippen LogP contribution < -0.4 is 0 Å². The van der Waals surface area contributed by atoms with Gasteiger partial charge in [0.1, 0.15) is 0 Å². The molecule has 1 aliphatic heterocycles. The first-order valence-corrected chi connectivity index (χ1v) is 7.67. The van der Waals surface area contributed by atoms with Crippen LogP contribution in [-0.4, -0.2) is 37.0 Å². The van der Waals surface area contributed by atoms with E-state index in [9.17, 15) is 13.5 Å². The van der Waals surface area contributed by atoms with Crippen molar-refractivity contribution < 1.29 is 13.5 Å². The number of rotatable bonds is 3. The van der Waals surface area contributed by atoms with E-state index in [1.54, 1.807) is 12.1 Å². The van der Waals surface area contributed by atoms with E-state index in [0.29, 0.717) is 11.6 Å². The molecule has 100 valence electrons. The van der Waals surface area contributed by atoms with Crippen LogP contribution in [0.1, 0.15) is 13.3 Å². The van der Waals surface area contributed by atoms with Gasteiger partial charge < -0.3 is 5.11 Å². The van der Waals surface area contributed by atoms with Crippen LogP contribution in [-0.2, 0) is 10.0 Å². The lowest BCUT2D eigenvalue weighted by Crippen LogP contribution is -2.39. The second kappa shape index (κ2) is 5.17. The van der Waals surface area contributed by atoms with Crippen molar-refractivity contribution in [1.29, 1.82) is 0 Å². The van der Waals surface area contributed by atoms with Crippen molar-refractivity contribution in [3.05, 3.63) is 29.3 Å². The van der Waals surface area contributed by atoms with E-state index >= 15 is 0 Å². The molecular formula is C12H16ClNO3S. The van der Waals surface area contributed by atoms with Gasteiger partial charge in [-0.1, -0.05) is 24.6 Å². The Morgan fingerprint density at radius 1 is 1.50 bits per heavy atom. The third-order valence-electron chi connectivity index (χ3n) is 3.42. The molecule has 1 N–H and O–H groups in total. The molecule has 0 aliphatic carbocycles. The zero-order chi connectivity index (χ0) is 13.3. The van der Waals surface area contributed by atoms with Crippen LogP contribution in [0.2, 0.25) is 5.02 Å². The molecule has 18 heavy (non-hydrogen) atoms. The highest BCUT2D eigenvalue weighted by atomic mass is 35.5. The van der Waals surface area contributed by atoms with Crippen LogP contribution in [0.5, 0.6) is 0 Å². The van der Waals surface area contributed by atoms with Gasteiger partial charge in [0.15, 0.2) is 0 Å². The Labute approximate surface area is 112 Å². The van der Waals surface area contributed by atoms with Gasteiger partial charge in [0.25, 0.3) is 0 Å². The summed E-state index contributed by atoms with van der Waals surface area (Å²) in [6.45, 7) is 2.25. The van der Waals surface area contributed by atoms with Gasteiger partial charge in [-0.2, -0.15) is 4.31 Å². The smallest absolute Gasteiger partial charge is 0.243 e. The third kappa shape index (κ3) is 2.40. The molecular weight excluding hydrogens is 274 g/mol. The molecule has 4 nitrogen and oxygen atoms in total. The predicted octanol–water partition coefficient (Wildman–Crippen LogP) is 1.73. The van der Waals surface area contributed by atoms with E-state index in [1.807, 2.05) is 6.92 Å². The number of aliphatic hydroxyl groups is 1. The van der Waals surface area contributed by atoms with Gasteiger partial charge in [-0.25, -0.2) is 8.42 Å². The van der Waals surface area contributed by atoms with Crippen LogP contribution >= 0.6 is 11.6 Å². The summed E-state index contributed by atoms with van der Waals surface area (Å²) in [5.41, 5.74) is 0. The van der Waals surface area contributed by atoms with Gasteiger partial charge in [-0.15, -0.1) is 0 Å². The Hall–Kier alpha value is -0.620. The van der Waals surface area contributed by atoms with E-state index < -0.39 is 10.0 Å². The van der Waals surface area contributed by atoms with Crippen molar-refractivity contribution in [3.63, 3.8) is 0 Å². The highest BCUT2D eigenvalue weighted by Crippen LogP contribution is 2.30. The summed E-state index contributed by atoms with van der Waals surface area (Å²) in [6, 6.07) is 5.88. The van der Waals surface area contributed by atoms with Gasteiger partial charge in [-0.3, -0.25) is 0 Å². The standard InChI is InChI=1S/C12H16ClNO3S/c1-9-5-6-14(12(9)8-15)18(16,17)11-4-2-3-10(13)7-11/h2-4,7,9,12,15H,5-6,8H2,1H3. The summed E-state index contributed by atoms with van der Waals surface area (Å²) in [5.74, 6) is 0.170. The molecule has 1 aliphatic rings. The Bertz CT molecular complexity index is 532. The number of aliphatic hydroxyl groups excluding tert-OH is 1. The molecule has 0 spiro atoms. The number of hydrogen-bond acceptors (Lipinski definition) is 3. The van der Waals surface area contributed by atoms with Crippen molar-refractivity contribution in [2.45, 2.75) is 24.3 Å². The van der Waals surface area contributed by atoms with E-state index in [2.05, 4.69) is 0 Å². The Morgan fingerprint density at radius 3 is 2.83 bits per heavy atom. The van der Waals surface area contributed by atoms with E-state index in [-0.39, 0.29) is 23.5 Å². The molecule has 0 amide bonds. The lowest BCUT2D eigenvalue weighted by molar-refractivity contribution is 0.191. The SMILES string of the molecule is CC1CCN(S(=O)(=O)c2cccc(Cl)c2)C1CO. The largest absolute Gasteiger partial charge is 0.395 e. The monoisotopic (exact) mass is 289 g/mol. The Balaban J connectivity index is 2.37. The summed E-state index contributed by atoms with van der Waals surface area (Å²) in [5, 5.41) is 9.73. The molecule has 0 saturated carbocycles. The number of halogens is 1. The lowest BCUT2D eigenvalue weighted by Gasteiger charge is -2.24. The third-order valence-corrected chi connectivity index (χ3v) is 5.58. The first kappa shape index (κ1) is 13.8. The second-order valence-electron chi connectivity index (χ2n) is 4.59. The molecule has 2 unspecified atom stereocenters. The summed E-state index contributed by atoms with van der Waals surface area (Å²) in [4.78, 5) is 0.183. The molecule has 0 bridgehead atoms. The fourth-order valence-electron chi connectivity index (χ4n) is 2.31. The first-order chi connectivity index (χ1) is 8.46. The highest BCUT2D eigenvalue weighted by Gasteiger charge is 2.39. The summed E-state index contributed by atoms with van der Waals surface area (Å²) >= 11 is 5.82. The van der Waals surface area contributed by atoms with E-state index in [4.69, 9.17) is 11.6 Å². The van der Waals surface area contributed by atoms with Gasteiger partial charge in [0.05, 0.1) is 17.5 Å². The minimum Gasteiger partial charge on any atom is -0.395 e. The van der Waals surface area contributed by atoms with Crippen molar-refractivity contribution in [1.82, 2.24) is 4.31 Å². The topological polar surface area (TPSA) is 57.6 Å². The number of nitrogens with zero attached hydrogens (tertiary/aromatic N) is 1. The lowest BCUT2D eigenvalue weighted by atomic mass is 10.0. The summed E-state index contributed by atoms with van der Waals surface area (Å²) in [6.07, 6.45) is 0.769. The highest BCUT2D eigenvalue weighted by molar-refractivity contribution is 7.89. The fourth-order valence-corrected chi connectivity index (χ4v) is 4.33. The van der Waals surface area contributed by atoms with Gasteiger partial charge in [-0.05, 0) is 30.5 Å². The zero-order valence-electron chi connectivity index (χ0n) is 10.1. The minimum atomic E-state index is -3.57. The maximum atomic E-state index is 12.5. The summed E-state index contributed by atoms with van der Waals surface area (Å²) < 4.78 is 26.3. The van der Waals surface area contributed by atoms with Crippen molar-refractivity contribution >= 4 is 21.6 Å². The maximum absolute atomic E-state index is 12.5. The number of benzene rings is 1. The van der Waals surface area contributed by atoms with E-state index in [1.165, 1.54) is 16.4 Å². The van der Waals surface area contributed by atoms with Crippen LogP contribution in [0.4, 0.5) is 0 Å². The van der Waals surface area contributed by atoms with Crippen molar-refractivity contribution in [3.8, 4) is 0 Å². The number of hydrogen-bond donors (Lipinski definition) is 1. The first-order valence-electron chi connectivity index (χ1n) is 5.85. The number of sulfonamides is 1. The Kier molecular flexibility index (Phi) is 3.96. The fraction of sp³-hybridized carbons (Fsp3) is 0.500. The Morgan fingerprint density at radius 2 is 2.22 bits per heavy atom. The van der Waals surface area contributed by atoms with Crippen LogP contribution in [0.15, 0.2) is 29.2 Å². The van der Waals surface area contributed by atoms with Crippen LogP contribution in [0, 0.1) is 5.92 Å². The minimum absolute atomic E-state index is 0.152. The molecule has 0 radical (unpaired) electrons. The van der Waals surface area contributed by atoms with Gasteiger partial charge >= 0.3 is 0 Å². The molecule has 2 rings (SSSR count). The molecule has 1 saturated heterocycles. The van der Waals surface area contributed by atoms with E-state index in [0.717, 1.165) is 6.42 Å². The average molecular weight is 290 g/mol. The zero-order valence-corrected chi connectivity index (χ0v) is 11.7. The second-order valence-corrected chi connectivity index (χ2v) is 6.92. The average Bonchev–Trinajstić information content (AvgIpc) is 2.71. The molecule has 1 aromatic rings. The van der Waals surface area contributed by atoms with Gasteiger partial charge in [0.2, 0.25) is 10.0 Å².